The Balaban J connectivity index is 2.64. The molecule has 0 aromatic carbocycles. The molecule has 0 aromatic heterocycles. The zero-order chi connectivity index (χ0) is 8.54. The summed E-state index contributed by atoms with van der Waals surface area (Å²) in [5.74, 6) is 0. The summed E-state index contributed by atoms with van der Waals surface area (Å²) in [6.45, 7) is 0. The highest BCUT2D eigenvalue weighted by Crippen LogP contribution is 2.40. The van der Waals surface area contributed by atoms with Crippen LogP contribution in [0.15, 0.2) is 0 Å². The standard InChI is InChI=1S/C6H12Cl3NSi/c7-11(8,9)6(10)4-2-1-3-5-6/h1-5,10H2. The average Bonchev–Trinajstić information content (AvgIpc) is 1.87. The van der Waals surface area contributed by atoms with E-state index in [0.29, 0.717) is 0 Å². The molecule has 1 saturated carbocycles. The maximum atomic E-state index is 6.00. The Hall–Kier alpha value is 1.05. The summed E-state index contributed by atoms with van der Waals surface area (Å²) in [5.41, 5.74) is 6.00. The molecule has 1 fully saturated rings. The molecule has 0 spiro atoms. The molecule has 66 valence electrons. The average molecular weight is 233 g/mol. The maximum Gasteiger partial charge on any atom is 0.360 e. The first-order valence-electron chi connectivity index (χ1n) is 3.81. The number of hydrogen-bond donors (Lipinski definition) is 1. The highest BCUT2D eigenvalue weighted by molar-refractivity contribution is 7.65. The number of nitrogens with two attached hydrogens (primary N) is 1. The van der Waals surface area contributed by atoms with Crippen molar-refractivity contribution in [1.82, 2.24) is 0 Å². The Labute approximate surface area is 82.3 Å². The largest absolute Gasteiger partial charge is 0.360 e. The van der Waals surface area contributed by atoms with E-state index in [2.05, 4.69) is 0 Å². The predicted octanol–water partition coefficient (Wildman–Crippen LogP) is 2.84. The molecule has 0 saturated heterocycles. The van der Waals surface area contributed by atoms with Crippen molar-refractivity contribution < 1.29 is 0 Å². The third-order valence-corrected chi connectivity index (χ3v) is 7.33. The summed E-state index contributed by atoms with van der Waals surface area (Å²) in [7, 11) is 0. The molecule has 0 heterocycles. The molecule has 0 amide bonds. The fourth-order valence-corrected chi connectivity index (χ4v) is 4.09. The second-order valence-electron chi connectivity index (χ2n) is 3.21. The quantitative estimate of drug-likeness (QED) is 0.546. The van der Waals surface area contributed by atoms with Gasteiger partial charge in [0.05, 0.1) is 5.16 Å². The third-order valence-electron chi connectivity index (χ3n) is 2.31. The van der Waals surface area contributed by atoms with Gasteiger partial charge in [0.15, 0.2) is 0 Å². The van der Waals surface area contributed by atoms with Crippen LogP contribution in [0.2, 0.25) is 0 Å². The van der Waals surface area contributed by atoms with Crippen molar-refractivity contribution in [2.24, 2.45) is 5.73 Å². The normalized spacial score (nSPS) is 25.1. The lowest BCUT2D eigenvalue weighted by molar-refractivity contribution is 0.393. The van der Waals surface area contributed by atoms with Gasteiger partial charge in [-0.2, -0.15) is 0 Å². The van der Waals surface area contributed by atoms with Crippen LogP contribution < -0.4 is 5.73 Å². The van der Waals surface area contributed by atoms with Crippen LogP contribution in [0.25, 0.3) is 0 Å². The lowest BCUT2D eigenvalue weighted by atomic mass is 9.95. The highest BCUT2D eigenvalue weighted by atomic mass is 35.8. The van der Waals surface area contributed by atoms with Crippen molar-refractivity contribution in [3.05, 3.63) is 0 Å². The van der Waals surface area contributed by atoms with E-state index in [9.17, 15) is 0 Å². The smallest absolute Gasteiger partial charge is 0.324 e. The van der Waals surface area contributed by atoms with Crippen LogP contribution in [0.3, 0.4) is 0 Å². The SMILES string of the molecule is NC1([Si](Cl)(Cl)Cl)CCCCC1. The highest BCUT2D eigenvalue weighted by Gasteiger charge is 2.48. The summed E-state index contributed by atoms with van der Waals surface area (Å²) in [4.78, 5) is 0. The van der Waals surface area contributed by atoms with Gasteiger partial charge < -0.3 is 5.73 Å². The van der Waals surface area contributed by atoms with Crippen molar-refractivity contribution in [3.63, 3.8) is 0 Å². The van der Waals surface area contributed by atoms with E-state index in [1.165, 1.54) is 6.42 Å². The van der Waals surface area contributed by atoms with Gasteiger partial charge in [0.2, 0.25) is 0 Å². The molecule has 0 bridgehead atoms. The Morgan fingerprint density at radius 1 is 1.00 bits per heavy atom. The van der Waals surface area contributed by atoms with Gasteiger partial charge >= 0.3 is 6.00 Å². The van der Waals surface area contributed by atoms with Crippen LogP contribution in [0.1, 0.15) is 32.1 Å². The third kappa shape index (κ3) is 2.25. The van der Waals surface area contributed by atoms with E-state index >= 15 is 0 Å². The van der Waals surface area contributed by atoms with E-state index in [-0.39, 0.29) is 0 Å². The van der Waals surface area contributed by atoms with Crippen LogP contribution in [0, 0.1) is 0 Å². The van der Waals surface area contributed by atoms with Crippen LogP contribution in [-0.4, -0.2) is 11.2 Å². The van der Waals surface area contributed by atoms with E-state index in [1.807, 2.05) is 0 Å². The minimum atomic E-state index is -2.69. The predicted molar refractivity (Wildman–Crippen MR) is 53.3 cm³/mol. The lowest BCUT2D eigenvalue weighted by Gasteiger charge is -2.37. The van der Waals surface area contributed by atoms with Gasteiger partial charge in [-0.3, -0.25) is 0 Å². The second-order valence-corrected chi connectivity index (χ2v) is 12.0. The molecule has 0 aromatic rings. The lowest BCUT2D eigenvalue weighted by Crippen LogP contribution is -2.56. The first-order valence-corrected chi connectivity index (χ1v) is 8.85. The van der Waals surface area contributed by atoms with E-state index in [4.69, 9.17) is 39.0 Å². The monoisotopic (exact) mass is 231 g/mol. The molecule has 1 nitrogen and oxygen atoms in total. The molecular formula is C6H12Cl3NSi. The topological polar surface area (TPSA) is 26.0 Å². The van der Waals surface area contributed by atoms with E-state index in [1.54, 1.807) is 0 Å². The zero-order valence-corrected chi connectivity index (χ0v) is 9.51. The summed E-state index contributed by atoms with van der Waals surface area (Å²) < 4.78 is 0. The molecule has 0 unspecified atom stereocenters. The molecule has 0 radical (unpaired) electrons. The van der Waals surface area contributed by atoms with E-state index < -0.39 is 11.2 Å². The Morgan fingerprint density at radius 3 is 1.73 bits per heavy atom. The van der Waals surface area contributed by atoms with Gasteiger partial charge in [-0.1, -0.05) is 19.3 Å². The van der Waals surface area contributed by atoms with Crippen LogP contribution >= 0.6 is 33.2 Å². The van der Waals surface area contributed by atoms with Gasteiger partial charge in [-0.15, -0.1) is 33.2 Å². The van der Waals surface area contributed by atoms with Crippen LogP contribution in [-0.2, 0) is 0 Å². The zero-order valence-electron chi connectivity index (χ0n) is 6.25. The number of hydrogen-bond acceptors (Lipinski definition) is 1. The minimum absolute atomic E-state index is 0.448. The van der Waals surface area contributed by atoms with Gasteiger partial charge in [-0.05, 0) is 12.8 Å². The van der Waals surface area contributed by atoms with Gasteiger partial charge in [0.25, 0.3) is 0 Å². The molecule has 2 N–H and O–H groups in total. The minimum Gasteiger partial charge on any atom is -0.324 e. The molecule has 11 heavy (non-hydrogen) atoms. The molecule has 0 atom stereocenters. The van der Waals surface area contributed by atoms with Gasteiger partial charge in [0.1, 0.15) is 0 Å². The second kappa shape index (κ2) is 3.42. The van der Waals surface area contributed by atoms with Crippen molar-refractivity contribution in [3.8, 4) is 0 Å². The summed E-state index contributed by atoms with van der Waals surface area (Å²) in [6, 6.07) is -2.69. The molecule has 5 heteroatoms. The summed E-state index contributed by atoms with van der Waals surface area (Å²) in [5, 5.41) is -0.448. The Kier molecular flexibility index (Phi) is 3.15. The molecular weight excluding hydrogens is 221 g/mol. The molecule has 0 aliphatic heterocycles. The fraction of sp³-hybridized carbons (Fsp3) is 1.00. The van der Waals surface area contributed by atoms with Gasteiger partial charge in [-0.25, -0.2) is 0 Å². The molecule has 1 rings (SSSR count). The first kappa shape index (κ1) is 10.1. The number of rotatable bonds is 1. The maximum absolute atomic E-state index is 6.00. The first-order chi connectivity index (χ1) is 4.96. The van der Waals surface area contributed by atoms with Crippen molar-refractivity contribution in [2.75, 3.05) is 0 Å². The van der Waals surface area contributed by atoms with Crippen molar-refractivity contribution >= 4 is 39.2 Å². The fourth-order valence-electron chi connectivity index (χ4n) is 1.47. The number of halogens is 3. The van der Waals surface area contributed by atoms with Gasteiger partial charge in [0, 0.05) is 0 Å². The molecule has 1 aliphatic carbocycles. The summed E-state index contributed by atoms with van der Waals surface area (Å²) in [6.07, 6.45) is 5.22. The Bertz CT molecular complexity index is 139. The van der Waals surface area contributed by atoms with E-state index in [0.717, 1.165) is 25.7 Å². The van der Waals surface area contributed by atoms with Crippen molar-refractivity contribution in [2.45, 2.75) is 37.3 Å². The van der Waals surface area contributed by atoms with Crippen LogP contribution in [0.4, 0.5) is 0 Å². The Morgan fingerprint density at radius 2 is 1.45 bits per heavy atom. The molecule has 1 aliphatic rings. The summed E-state index contributed by atoms with van der Waals surface area (Å²) >= 11 is 17.7. The van der Waals surface area contributed by atoms with Crippen LogP contribution in [0.5, 0.6) is 0 Å². The van der Waals surface area contributed by atoms with Crippen molar-refractivity contribution in [1.29, 1.82) is 0 Å².